The summed E-state index contributed by atoms with van der Waals surface area (Å²) in [5.41, 5.74) is 3.49. The van der Waals surface area contributed by atoms with Gasteiger partial charge in [0.2, 0.25) is 0 Å². The minimum Gasteiger partial charge on any atom is -0.323 e. The van der Waals surface area contributed by atoms with E-state index in [-0.39, 0.29) is 0 Å². The minimum absolute atomic E-state index is 0.594. The van der Waals surface area contributed by atoms with Gasteiger partial charge in [-0.25, -0.2) is 4.98 Å². The second kappa shape index (κ2) is 5.88. The maximum atomic E-state index is 5.92. The van der Waals surface area contributed by atoms with Gasteiger partial charge < -0.3 is 4.57 Å². The Kier molecular flexibility index (Phi) is 4.15. The van der Waals surface area contributed by atoms with Crippen LogP contribution in [0.5, 0.6) is 0 Å². The van der Waals surface area contributed by atoms with E-state index in [2.05, 4.69) is 57.8 Å². The fraction of sp³-hybridized carbons (Fsp3) is 0.267. The van der Waals surface area contributed by atoms with Crippen molar-refractivity contribution in [2.75, 3.05) is 5.88 Å². The number of benzene rings is 1. The van der Waals surface area contributed by atoms with Gasteiger partial charge in [-0.2, -0.15) is 0 Å². The molecule has 2 nitrogen and oxygen atoms in total. The maximum Gasteiger partial charge on any atom is 0.111 e. The number of imidazole rings is 1. The number of alkyl halides is 1. The van der Waals surface area contributed by atoms with Crippen LogP contribution in [0, 0.1) is 6.92 Å². The lowest BCUT2D eigenvalue weighted by molar-refractivity contribution is 0.763. The molecular weight excluding hydrogens is 356 g/mol. The molecule has 0 N–H and O–H groups in total. The van der Waals surface area contributed by atoms with Crippen LogP contribution in [0.3, 0.4) is 0 Å². The quantitative estimate of drug-likeness (QED) is 0.592. The molecule has 3 rings (SSSR count). The molecule has 2 aromatic heterocycles. The first-order valence-electron chi connectivity index (χ1n) is 6.43. The zero-order valence-electron chi connectivity index (χ0n) is 11.1. The van der Waals surface area contributed by atoms with Crippen molar-refractivity contribution in [3.05, 3.63) is 50.4 Å². The number of aryl methyl sites for hydroxylation is 2. The van der Waals surface area contributed by atoms with E-state index in [0.717, 1.165) is 28.1 Å². The number of aromatic nitrogens is 2. The van der Waals surface area contributed by atoms with Crippen molar-refractivity contribution >= 4 is 49.9 Å². The lowest BCUT2D eigenvalue weighted by Crippen LogP contribution is -2.05. The zero-order valence-corrected chi connectivity index (χ0v) is 14.2. The van der Waals surface area contributed by atoms with Crippen molar-refractivity contribution in [1.82, 2.24) is 9.55 Å². The predicted octanol–water partition coefficient (Wildman–Crippen LogP) is 5.00. The Morgan fingerprint density at radius 1 is 1.30 bits per heavy atom. The number of fused-ring (bicyclic) bond motifs is 1. The van der Waals surface area contributed by atoms with Crippen molar-refractivity contribution in [3.8, 4) is 0 Å². The summed E-state index contributed by atoms with van der Waals surface area (Å²) >= 11 is 11.2. The van der Waals surface area contributed by atoms with Gasteiger partial charge in [-0.15, -0.1) is 22.9 Å². The number of rotatable bonds is 4. The highest BCUT2D eigenvalue weighted by Crippen LogP contribution is 2.26. The molecule has 0 radical (unpaired) electrons. The van der Waals surface area contributed by atoms with Crippen molar-refractivity contribution in [2.24, 2.45) is 0 Å². The number of hydrogen-bond acceptors (Lipinski definition) is 2. The highest BCUT2D eigenvalue weighted by atomic mass is 79.9. The van der Waals surface area contributed by atoms with Gasteiger partial charge in [0.25, 0.3) is 0 Å². The van der Waals surface area contributed by atoms with E-state index < -0.39 is 0 Å². The van der Waals surface area contributed by atoms with Crippen LogP contribution in [0.15, 0.2) is 34.1 Å². The summed E-state index contributed by atoms with van der Waals surface area (Å²) in [5.74, 6) is 1.65. The smallest absolute Gasteiger partial charge is 0.111 e. The van der Waals surface area contributed by atoms with E-state index in [9.17, 15) is 0 Å². The standard InChI is InChI=1S/C15H14BrClN2S/c1-10-2-4-12-13(8-10)19(15(18-12)6-7-17)9-11-3-5-14(16)20-11/h2-5,8H,6-7,9H2,1H3. The average Bonchev–Trinajstić information content (AvgIpc) is 2.96. The molecule has 104 valence electrons. The lowest BCUT2D eigenvalue weighted by atomic mass is 10.2. The molecule has 3 aromatic rings. The Labute approximate surface area is 135 Å². The van der Waals surface area contributed by atoms with E-state index in [4.69, 9.17) is 16.6 Å². The Morgan fingerprint density at radius 2 is 2.15 bits per heavy atom. The van der Waals surface area contributed by atoms with E-state index in [0.29, 0.717) is 5.88 Å². The van der Waals surface area contributed by atoms with E-state index >= 15 is 0 Å². The summed E-state index contributed by atoms with van der Waals surface area (Å²) in [6, 6.07) is 10.6. The summed E-state index contributed by atoms with van der Waals surface area (Å²) in [5, 5.41) is 0. The van der Waals surface area contributed by atoms with Gasteiger partial charge in [-0.05, 0) is 52.7 Å². The third-order valence-electron chi connectivity index (χ3n) is 3.24. The average molecular weight is 370 g/mol. The molecule has 0 unspecified atom stereocenters. The third kappa shape index (κ3) is 2.78. The summed E-state index contributed by atoms with van der Waals surface area (Å²) < 4.78 is 3.44. The SMILES string of the molecule is Cc1ccc2nc(CCCl)n(Cc3ccc(Br)s3)c2c1. The summed E-state index contributed by atoms with van der Waals surface area (Å²) in [4.78, 5) is 6.03. The van der Waals surface area contributed by atoms with Crippen molar-refractivity contribution < 1.29 is 0 Å². The van der Waals surface area contributed by atoms with E-state index in [1.807, 2.05) is 0 Å². The topological polar surface area (TPSA) is 17.8 Å². The monoisotopic (exact) mass is 368 g/mol. The highest BCUT2D eigenvalue weighted by molar-refractivity contribution is 9.11. The second-order valence-corrected chi connectivity index (χ2v) is 7.68. The van der Waals surface area contributed by atoms with Crippen LogP contribution in [0.2, 0.25) is 0 Å². The zero-order chi connectivity index (χ0) is 14.1. The van der Waals surface area contributed by atoms with Crippen LogP contribution in [0.1, 0.15) is 16.3 Å². The normalized spacial score (nSPS) is 11.3. The molecule has 0 aliphatic heterocycles. The molecule has 0 saturated carbocycles. The predicted molar refractivity (Wildman–Crippen MR) is 90.0 cm³/mol. The molecule has 0 aliphatic rings. The third-order valence-corrected chi connectivity index (χ3v) is 5.04. The van der Waals surface area contributed by atoms with Crippen LogP contribution in [0.25, 0.3) is 11.0 Å². The second-order valence-electron chi connectivity index (χ2n) is 4.75. The van der Waals surface area contributed by atoms with Crippen LogP contribution in [-0.2, 0) is 13.0 Å². The van der Waals surface area contributed by atoms with Gasteiger partial charge in [-0.1, -0.05) is 6.07 Å². The largest absolute Gasteiger partial charge is 0.323 e. The molecule has 0 amide bonds. The summed E-state index contributed by atoms with van der Waals surface area (Å²) in [6.45, 7) is 2.96. The Balaban J connectivity index is 2.09. The van der Waals surface area contributed by atoms with Crippen molar-refractivity contribution in [3.63, 3.8) is 0 Å². The van der Waals surface area contributed by atoms with Crippen LogP contribution in [-0.4, -0.2) is 15.4 Å². The highest BCUT2D eigenvalue weighted by Gasteiger charge is 2.11. The van der Waals surface area contributed by atoms with Gasteiger partial charge in [-0.3, -0.25) is 0 Å². The first-order valence-corrected chi connectivity index (χ1v) is 8.57. The van der Waals surface area contributed by atoms with Crippen molar-refractivity contribution in [1.29, 1.82) is 0 Å². The Hall–Kier alpha value is -0.840. The maximum absolute atomic E-state index is 5.92. The summed E-state index contributed by atoms with van der Waals surface area (Å²) in [6.07, 6.45) is 0.793. The van der Waals surface area contributed by atoms with Gasteiger partial charge >= 0.3 is 0 Å². The molecule has 0 aliphatic carbocycles. The van der Waals surface area contributed by atoms with Crippen LogP contribution < -0.4 is 0 Å². The molecular formula is C15H14BrClN2S. The lowest BCUT2D eigenvalue weighted by Gasteiger charge is -2.07. The van der Waals surface area contributed by atoms with Crippen LogP contribution in [0.4, 0.5) is 0 Å². The molecule has 0 atom stereocenters. The van der Waals surface area contributed by atoms with Gasteiger partial charge in [0, 0.05) is 17.2 Å². The number of thiophene rings is 1. The Bertz CT molecular complexity index is 747. The molecule has 1 aromatic carbocycles. The molecule has 0 saturated heterocycles. The Morgan fingerprint density at radius 3 is 2.85 bits per heavy atom. The molecule has 0 spiro atoms. The molecule has 0 fully saturated rings. The fourth-order valence-corrected chi connectivity index (χ4v) is 3.97. The van der Waals surface area contributed by atoms with Gasteiger partial charge in [0.15, 0.2) is 0 Å². The molecule has 20 heavy (non-hydrogen) atoms. The minimum atomic E-state index is 0.594. The van der Waals surface area contributed by atoms with Gasteiger partial charge in [0.1, 0.15) is 5.82 Å². The van der Waals surface area contributed by atoms with Gasteiger partial charge in [0.05, 0.1) is 21.4 Å². The fourth-order valence-electron chi connectivity index (χ4n) is 2.33. The first kappa shape index (κ1) is 14.1. The molecule has 2 heterocycles. The molecule has 5 heteroatoms. The first-order chi connectivity index (χ1) is 9.67. The van der Waals surface area contributed by atoms with E-state index in [1.165, 1.54) is 16.0 Å². The van der Waals surface area contributed by atoms with Crippen LogP contribution >= 0.6 is 38.9 Å². The van der Waals surface area contributed by atoms with Crippen molar-refractivity contribution in [2.45, 2.75) is 19.9 Å². The van der Waals surface area contributed by atoms with E-state index in [1.54, 1.807) is 11.3 Å². The summed E-state index contributed by atoms with van der Waals surface area (Å²) in [7, 11) is 0. The number of halogens is 2. The number of nitrogens with zero attached hydrogens (tertiary/aromatic N) is 2. The number of hydrogen-bond donors (Lipinski definition) is 0. The molecule has 0 bridgehead atoms.